The van der Waals surface area contributed by atoms with E-state index in [0.717, 1.165) is 0 Å². The number of halogens is 1. The summed E-state index contributed by atoms with van der Waals surface area (Å²) in [5, 5.41) is 6.55. The quantitative estimate of drug-likeness (QED) is 0.364. The van der Waals surface area contributed by atoms with E-state index < -0.39 is 12.0 Å². The first-order chi connectivity index (χ1) is 13.5. The molecule has 0 aliphatic heterocycles. The van der Waals surface area contributed by atoms with Gasteiger partial charge in [0.05, 0.1) is 24.4 Å². The van der Waals surface area contributed by atoms with Crippen LogP contribution in [0.3, 0.4) is 0 Å². The maximum Gasteiger partial charge on any atom is 0.344 e. The van der Waals surface area contributed by atoms with Crippen molar-refractivity contribution in [2.24, 2.45) is 5.10 Å². The number of urea groups is 1. The van der Waals surface area contributed by atoms with Gasteiger partial charge in [-0.05, 0) is 52.7 Å². The highest BCUT2D eigenvalue weighted by molar-refractivity contribution is 9.10. The third-order valence-electron chi connectivity index (χ3n) is 3.30. The lowest BCUT2D eigenvalue weighted by Gasteiger charge is -2.13. The molecule has 2 N–H and O–H groups in total. The first kappa shape index (κ1) is 21.2. The first-order valence-corrected chi connectivity index (χ1v) is 9.13. The molecule has 0 unspecified atom stereocenters. The van der Waals surface area contributed by atoms with Crippen molar-refractivity contribution in [2.45, 2.75) is 6.92 Å². The Bertz CT molecular complexity index is 843. The van der Waals surface area contributed by atoms with Gasteiger partial charge in [0.15, 0.2) is 18.1 Å². The fourth-order valence-electron chi connectivity index (χ4n) is 2.13. The second-order valence-electron chi connectivity index (χ2n) is 5.32. The van der Waals surface area contributed by atoms with Gasteiger partial charge in [-0.2, -0.15) is 5.10 Å². The van der Waals surface area contributed by atoms with E-state index >= 15 is 0 Å². The van der Waals surface area contributed by atoms with Gasteiger partial charge in [-0.25, -0.2) is 15.0 Å². The van der Waals surface area contributed by atoms with Gasteiger partial charge >= 0.3 is 12.0 Å². The lowest BCUT2D eigenvalue weighted by atomic mass is 10.2. The molecule has 0 saturated heterocycles. The molecule has 0 bridgehead atoms. The highest BCUT2D eigenvalue weighted by Crippen LogP contribution is 2.36. The molecular formula is C19H20BrN3O5. The van der Waals surface area contributed by atoms with Gasteiger partial charge in [0, 0.05) is 5.69 Å². The van der Waals surface area contributed by atoms with Crippen molar-refractivity contribution in [1.82, 2.24) is 5.43 Å². The minimum atomic E-state index is -0.476. The van der Waals surface area contributed by atoms with E-state index in [1.54, 1.807) is 31.2 Å². The molecule has 9 heteroatoms. The number of benzene rings is 2. The van der Waals surface area contributed by atoms with E-state index in [1.807, 2.05) is 18.2 Å². The number of amides is 2. The fraction of sp³-hybridized carbons (Fsp3) is 0.211. The molecule has 2 rings (SSSR count). The molecular weight excluding hydrogens is 430 g/mol. The molecule has 2 aromatic rings. The molecule has 0 aromatic heterocycles. The van der Waals surface area contributed by atoms with E-state index in [1.165, 1.54) is 13.3 Å². The van der Waals surface area contributed by atoms with Crippen LogP contribution in [0.5, 0.6) is 11.5 Å². The first-order valence-electron chi connectivity index (χ1n) is 8.34. The highest BCUT2D eigenvalue weighted by Gasteiger charge is 2.13. The number of carbonyl (C=O) groups excluding carboxylic acids is 2. The van der Waals surface area contributed by atoms with Gasteiger partial charge in [0.1, 0.15) is 0 Å². The van der Waals surface area contributed by atoms with E-state index in [-0.39, 0.29) is 13.2 Å². The third-order valence-corrected chi connectivity index (χ3v) is 3.89. The summed E-state index contributed by atoms with van der Waals surface area (Å²) in [7, 11) is 1.48. The van der Waals surface area contributed by atoms with Gasteiger partial charge in [-0.3, -0.25) is 0 Å². The number of para-hydroxylation sites is 1. The largest absolute Gasteiger partial charge is 0.493 e. The molecule has 28 heavy (non-hydrogen) atoms. The number of ether oxygens (including phenoxy) is 3. The van der Waals surface area contributed by atoms with Crippen LogP contribution in [0.15, 0.2) is 52.0 Å². The number of carbonyl (C=O) groups is 2. The van der Waals surface area contributed by atoms with Crippen LogP contribution in [-0.4, -0.2) is 38.5 Å². The van der Waals surface area contributed by atoms with E-state index in [2.05, 4.69) is 31.8 Å². The minimum Gasteiger partial charge on any atom is -0.493 e. The predicted molar refractivity (Wildman–Crippen MR) is 109 cm³/mol. The standard InChI is InChI=1S/C19H20BrN3O5/c1-3-27-17(24)12-28-18-15(20)9-13(10-16(18)26-2)11-21-23-19(25)22-14-7-5-4-6-8-14/h4-11H,3,12H2,1-2H3,(H2,22,23,25)/b21-11+. The van der Waals surface area contributed by atoms with Crippen LogP contribution in [0.4, 0.5) is 10.5 Å². The van der Waals surface area contributed by atoms with E-state index in [9.17, 15) is 9.59 Å². The summed E-state index contributed by atoms with van der Waals surface area (Å²) in [6.07, 6.45) is 1.45. The van der Waals surface area contributed by atoms with Crippen molar-refractivity contribution in [3.05, 3.63) is 52.5 Å². The molecule has 0 fully saturated rings. The van der Waals surface area contributed by atoms with Crippen molar-refractivity contribution in [3.8, 4) is 11.5 Å². The number of anilines is 1. The number of hydrogen-bond donors (Lipinski definition) is 2. The topological polar surface area (TPSA) is 98.3 Å². The van der Waals surface area contributed by atoms with Crippen LogP contribution < -0.4 is 20.2 Å². The maximum absolute atomic E-state index is 11.8. The smallest absolute Gasteiger partial charge is 0.344 e. The average molecular weight is 450 g/mol. The summed E-state index contributed by atoms with van der Waals surface area (Å²) in [5.41, 5.74) is 3.68. The normalized spacial score (nSPS) is 10.4. The molecule has 0 aliphatic carbocycles. The van der Waals surface area contributed by atoms with Crippen molar-refractivity contribution in [3.63, 3.8) is 0 Å². The Morgan fingerprint density at radius 3 is 2.64 bits per heavy atom. The number of hydrogen-bond acceptors (Lipinski definition) is 6. The molecule has 2 amide bonds. The Balaban J connectivity index is 1.99. The Labute approximate surface area is 171 Å². The van der Waals surface area contributed by atoms with Crippen molar-refractivity contribution < 1.29 is 23.8 Å². The van der Waals surface area contributed by atoms with Gasteiger partial charge in [0.25, 0.3) is 0 Å². The zero-order chi connectivity index (χ0) is 20.4. The van der Waals surface area contributed by atoms with Crippen molar-refractivity contribution in [2.75, 3.05) is 25.6 Å². The number of methoxy groups -OCH3 is 1. The molecule has 0 saturated carbocycles. The molecule has 0 heterocycles. The maximum atomic E-state index is 11.8. The predicted octanol–water partition coefficient (Wildman–Crippen LogP) is 3.56. The lowest BCUT2D eigenvalue weighted by molar-refractivity contribution is -0.145. The molecule has 0 atom stereocenters. The number of esters is 1. The van der Waals surface area contributed by atoms with Crippen LogP contribution in [0, 0.1) is 0 Å². The van der Waals surface area contributed by atoms with Gasteiger partial charge < -0.3 is 19.5 Å². The lowest BCUT2D eigenvalue weighted by Crippen LogP contribution is -2.24. The number of hydrazone groups is 1. The highest BCUT2D eigenvalue weighted by atomic mass is 79.9. The second-order valence-corrected chi connectivity index (χ2v) is 6.17. The molecule has 0 radical (unpaired) electrons. The molecule has 0 spiro atoms. The summed E-state index contributed by atoms with van der Waals surface area (Å²) in [6.45, 7) is 1.76. The number of nitrogens with one attached hydrogen (secondary N) is 2. The second kappa shape index (κ2) is 10.9. The number of nitrogens with zero attached hydrogens (tertiary/aromatic N) is 1. The summed E-state index contributed by atoms with van der Waals surface area (Å²) in [5.74, 6) is 0.284. The van der Waals surface area contributed by atoms with Gasteiger partial charge in [0.2, 0.25) is 0 Å². The van der Waals surface area contributed by atoms with Crippen molar-refractivity contribution in [1.29, 1.82) is 0 Å². The molecule has 0 aliphatic rings. The molecule has 8 nitrogen and oxygen atoms in total. The summed E-state index contributed by atoms with van der Waals surface area (Å²) in [6, 6.07) is 11.9. The number of rotatable bonds is 8. The summed E-state index contributed by atoms with van der Waals surface area (Å²) in [4.78, 5) is 23.3. The third kappa shape index (κ3) is 6.58. The minimum absolute atomic E-state index is 0.239. The average Bonchev–Trinajstić information content (AvgIpc) is 2.67. The van der Waals surface area contributed by atoms with E-state index in [4.69, 9.17) is 14.2 Å². The van der Waals surface area contributed by atoms with Crippen LogP contribution in [-0.2, 0) is 9.53 Å². The van der Waals surface area contributed by atoms with Crippen molar-refractivity contribution >= 4 is 39.8 Å². The van der Waals surface area contributed by atoms with Crippen LogP contribution in [0.2, 0.25) is 0 Å². The SMILES string of the molecule is CCOC(=O)COc1c(Br)cc(/C=N/NC(=O)Nc2ccccc2)cc1OC. The fourth-order valence-corrected chi connectivity index (χ4v) is 2.71. The Hall–Kier alpha value is -3.07. The van der Waals surface area contributed by atoms with Crippen LogP contribution in [0.1, 0.15) is 12.5 Å². The molecule has 2 aromatic carbocycles. The van der Waals surface area contributed by atoms with Gasteiger partial charge in [-0.15, -0.1) is 0 Å². The van der Waals surface area contributed by atoms with E-state index in [0.29, 0.717) is 27.2 Å². The van der Waals surface area contributed by atoms with Crippen LogP contribution >= 0.6 is 15.9 Å². The zero-order valence-electron chi connectivity index (χ0n) is 15.4. The van der Waals surface area contributed by atoms with Gasteiger partial charge in [-0.1, -0.05) is 18.2 Å². The van der Waals surface area contributed by atoms with Crippen LogP contribution in [0.25, 0.3) is 0 Å². The Kier molecular flexibility index (Phi) is 8.29. The Morgan fingerprint density at radius 2 is 1.96 bits per heavy atom. The molecule has 148 valence electrons. The Morgan fingerprint density at radius 1 is 1.21 bits per heavy atom. The zero-order valence-corrected chi connectivity index (χ0v) is 17.0. The summed E-state index contributed by atoms with van der Waals surface area (Å²) < 4.78 is 16.2. The monoisotopic (exact) mass is 449 g/mol. The summed E-state index contributed by atoms with van der Waals surface area (Å²) >= 11 is 3.37.